The number of anilines is 1. The van der Waals surface area contributed by atoms with Crippen LogP contribution >= 0.6 is 23.4 Å². The molecule has 1 rings (SSSR count). The van der Waals surface area contributed by atoms with E-state index in [-0.39, 0.29) is 5.91 Å². The van der Waals surface area contributed by atoms with Crippen LogP contribution in [0.15, 0.2) is 24.3 Å². The largest absolute Gasteiger partial charge is 0.324 e. The fourth-order valence-corrected chi connectivity index (χ4v) is 3.18. The van der Waals surface area contributed by atoms with Crippen LogP contribution in [0, 0.1) is 0 Å². The molecule has 1 N–H and O–H groups in total. The number of hydrogen-bond donors (Lipinski definition) is 1. The second-order valence-corrected chi connectivity index (χ2v) is 7.14. The molecule has 5 heteroatoms. The molecule has 0 unspecified atom stereocenters. The van der Waals surface area contributed by atoms with E-state index in [1.165, 1.54) is 38.8 Å². The summed E-state index contributed by atoms with van der Waals surface area (Å²) in [7, 11) is 0. The van der Waals surface area contributed by atoms with Gasteiger partial charge in [0.05, 0.1) is 16.5 Å². The van der Waals surface area contributed by atoms with E-state index >= 15 is 0 Å². The lowest BCUT2D eigenvalue weighted by molar-refractivity contribution is -0.113. The number of nitrogens with zero attached hydrogens (tertiary/aromatic N) is 1. The van der Waals surface area contributed by atoms with Gasteiger partial charge in [-0.15, -0.1) is 0 Å². The Labute approximate surface area is 150 Å². The number of thioether (sulfide) groups is 1. The minimum atomic E-state index is 0.0109. The molecule has 1 amide bonds. The van der Waals surface area contributed by atoms with Crippen molar-refractivity contribution in [3.8, 4) is 0 Å². The minimum absolute atomic E-state index is 0.0109. The smallest absolute Gasteiger partial charge is 0.234 e. The Morgan fingerprint density at radius 3 is 2.39 bits per heavy atom. The highest BCUT2D eigenvalue weighted by atomic mass is 35.5. The van der Waals surface area contributed by atoms with Crippen molar-refractivity contribution in [1.82, 2.24) is 4.90 Å². The molecule has 0 atom stereocenters. The summed E-state index contributed by atoms with van der Waals surface area (Å²) in [6.45, 7) is 7.85. The van der Waals surface area contributed by atoms with Gasteiger partial charge >= 0.3 is 0 Å². The summed E-state index contributed by atoms with van der Waals surface area (Å²) < 4.78 is 0. The van der Waals surface area contributed by atoms with Crippen LogP contribution < -0.4 is 5.32 Å². The molecule has 0 aliphatic carbocycles. The average molecular weight is 357 g/mol. The monoisotopic (exact) mass is 356 g/mol. The number of hydrogen-bond acceptors (Lipinski definition) is 3. The molecule has 23 heavy (non-hydrogen) atoms. The van der Waals surface area contributed by atoms with Crippen molar-refractivity contribution < 1.29 is 4.79 Å². The molecule has 0 aromatic heterocycles. The zero-order valence-corrected chi connectivity index (χ0v) is 15.9. The molecule has 130 valence electrons. The van der Waals surface area contributed by atoms with Crippen LogP contribution in [0.1, 0.15) is 39.5 Å². The van der Waals surface area contributed by atoms with Crippen LogP contribution in [0.3, 0.4) is 0 Å². The summed E-state index contributed by atoms with van der Waals surface area (Å²) in [5.74, 6) is 1.47. The molecule has 0 saturated heterocycles. The molecule has 0 spiro atoms. The number of nitrogens with one attached hydrogen (secondary N) is 1. The van der Waals surface area contributed by atoms with Gasteiger partial charge < -0.3 is 10.2 Å². The summed E-state index contributed by atoms with van der Waals surface area (Å²) >= 11 is 7.72. The van der Waals surface area contributed by atoms with Crippen LogP contribution in [0.5, 0.6) is 0 Å². The predicted octanol–water partition coefficient (Wildman–Crippen LogP) is 4.91. The molecule has 0 saturated carbocycles. The van der Waals surface area contributed by atoms with Crippen molar-refractivity contribution >= 4 is 35.0 Å². The van der Waals surface area contributed by atoms with Gasteiger partial charge in [0.15, 0.2) is 0 Å². The van der Waals surface area contributed by atoms with Crippen LogP contribution in [-0.4, -0.2) is 41.9 Å². The SMILES string of the molecule is CCCCN(CCCC)CCSCC(=O)Nc1ccccc1Cl. The van der Waals surface area contributed by atoms with E-state index in [2.05, 4.69) is 24.1 Å². The predicted molar refractivity (Wildman–Crippen MR) is 104 cm³/mol. The molecule has 0 aliphatic rings. The van der Waals surface area contributed by atoms with Crippen LogP contribution in [0.2, 0.25) is 5.02 Å². The Kier molecular flexibility index (Phi) is 11.2. The van der Waals surface area contributed by atoms with E-state index in [9.17, 15) is 4.79 Å². The van der Waals surface area contributed by atoms with Gasteiger partial charge in [-0.2, -0.15) is 11.8 Å². The number of carbonyl (C=O) groups excluding carboxylic acids is 1. The highest BCUT2D eigenvalue weighted by Gasteiger charge is 2.07. The minimum Gasteiger partial charge on any atom is -0.324 e. The fraction of sp³-hybridized carbons (Fsp3) is 0.611. The Hall–Kier alpha value is -0.710. The third-order valence-corrected chi connectivity index (χ3v) is 4.86. The number of para-hydroxylation sites is 1. The molecular formula is C18H29ClN2OS. The van der Waals surface area contributed by atoms with Crippen molar-refractivity contribution in [3.63, 3.8) is 0 Å². The second-order valence-electron chi connectivity index (χ2n) is 5.63. The fourth-order valence-electron chi connectivity index (χ4n) is 2.21. The van der Waals surface area contributed by atoms with Crippen molar-refractivity contribution in [2.24, 2.45) is 0 Å². The van der Waals surface area contributed by atoms with Gasteiger partial charge in [-0.05, 0) is 38.1 Å². The Bertz CT molecular complexity index is 448. The molecule has 0 bridgehead atoms. The Morgan fingerprint density at radius 2 is 1.78 bits per heavy atom. The van der Waals surface area contributed by atoms with E-state index in [4.69, 9.17) is 11.6 Å². The number of rotatable bonds is 12. The summed E-state index contributed by atoms with van der Waals surface area (Å²) in [5, 5.41) is 3.44. The van der Waals surface area contributed by atoms with Gasteiger partial charge in [-0.1, -0.05) is 50.4 Å². The number of unbranched alkanes of at least 4 members (excludes halogenated alkanes) is 2. The lowest BCUT2D eigenvalue weighted by Crippen LogP contribution is -2.28. The molecular weight excluding hydrogens is 328 g/mol. The van der Waals surface area contributed by atoms with Gasteiger partial charge in [-0.25, -0.2) is 0 Å². The highest BCUT2D eigenvalue weighted by molar-refractivity contribution is 7.99. The lowest BCUT2D eigenvalue weighted by Gasteiger charge is -2.21. The van der Waals surface area contributed by atoms with Gasteiger partial charge in [0.25, 0.3) is 0 Å². The summed E-state index contributed by atoms with van der Waals surface area (Å²) in [5.41, 5.74) is 0.687. The summed E-state index contributed by atoms with van der Waals surface area (Å²) in [6.07, 6.45) is 4.97. The van der Waals surface area contributed by atoms with Gasteiger partial charge in [-0.3, -0.25) is 4.79 Å². The topological polar surface area (TPSA) is 32.3 Å². The van der Waals surface area contributed by atoms with Crippen LogP contribution in [0.25, 0.3) is 0 Å². The van der Waals surface area contributed by atoms with E-state index in [0.29, 0.717) is 16.5 Å². The van der Waals surface area contributed by atoms with E-state index in [0.717, 1.165) is 12.3 Å². The first-order valence-electron chi connectivity index (χ1n) is 8.51. The Balaban J connectivity index is 2.23. The maximum absolute atomic E-state index is 11.9. The third kappa shape index (κ3) is 9.23. The zero-order valence-electron chi connectivity index (χ0n) is 14.3. The van der Waals surface area contributed by atoms with Crippen molar-refractivity contribution in [2.75, 3.05) is 36.5 Å². The third-order valence-electron chi connectivity index (χ3n) is 3.59. The quantitative estimate of drug-likeness (QED) is 0.540. The van der Waals surface area contributed by atoms with Crippen molar-refractivity contribution in [1.29, 1.82) is 0 Å². The molecule has 1 aromatic rings. The number of benzene rings is 1. The number of amides is 1. The zero-order chi connectivity index (χ0) is 16.9. The second kappa shape index (κ2) is 12.7. The summed E-state index contributed by atoms with van der Waals surface area (Å²) in [4.78, 5) is 14.5. The number of halogens is 1. The van der Waals surface area contributed by atoms with E-state index < -0.39 is 0 Å². The van der Waals surface area contributed by atoms with Gasteiger partial charge in [0.2, 0.25) is 5.91 Å². The average Bonchev–Trinajstić information content (AvgIpc) is 2.55. The highest BCUT2D eigenvalue weighted by Crippen LogP contribution is 2.20. The van der Waals surface area contributed by atoms with Gasteiger partial charge in [0.1, 0.15) is 0 Å². The first kappa shape index (κ1) is 20.3. The van der Waals surface area contributed by atoms with E-state index in [1.54, 1.807) is 17.8 Å². The van der Waals surface area contributed by atoms with Crippen molar-refractivity contribution in [3.05, 3.63) is 29.3 Å². The number of carbonyl (C=O) groups is 1. The summed E-state index contributed by atoms with van der Waals surface area (Å²) in [6, 6.07) is 7.33. The standard InChI is InChI=1S/C18H29ClN2OS/c1-3-5-11-21(12-6-4-2)13-14-23-15-18(22)20-17-10-8-7-9-16(17)19/h7-10H,3-6,11-15H2,1-2H3,(H,20,22). The maximum Gasteiger partial charge on any atom is 0.234 e. The Morgan fingerprint density at radius 1 is 1.13 bits per heavy atom. The molecule has 0 heterocycles. The molecule has 0 aliphatic heterocycles. The first-order valence-corrected chi connectivity index (χ1v) is 10.0. The lowest BCUT2D eigenvalue weighted by atomic mass is 10.2. The first-order chi connectivity index (χ1) is 11.2. The molecule has 0 fully saturated rings. The molecule has 0 radical (unpaired) electrons. The normalized spacial score (nSPS) is 11.0. The van der Waals surface area contributed by atoms with Crippen LogP contribution in [0.4, 0.5) is 5.69 Å². The van der Waals surface area contributed by atoms with Crippen molar-refractivity contribution in [2.45, 2.75) is 39.5 Å². The molecule has 1 aromatic carbocycles. The van der Waals surface area contributed by atoms with E-state index in [1.807, 2.05) is 18.2 Å². The van der Waals surface area contributed by atoms with Gasteiger partial charge in [0, 0.05) is 12.3 Å². The molecule has 3 nitrogen and oxygen atoms in total. The maximum atomic E-state index is 11.9. The van der Waals surface area contributed by atoms with Crippen LogP contribution in [-0.2, 0) is 4.79 Å².